The van der Waals surface area contributed by atoms with Crippen LogP contribution in [-0.2, 0) is 6.54 Å². The van der Waals surface area contributed by atoms with E-state index < -0.39 is 0 Å². The fourth-order valence-electron chi connectivity index (χ4n) is 2.13. The van der Waals surface area contributed by atoms with Crippen molar-refractivity contribution in [3.8, 4) is 0 Å². The molecule has 0 unspecified atom stereocenters. The lowest BCUT2D eigenvalue weighted by Crippen LogP contribution is -2.28. The summed E-state index contributed by atoms with van der Waals surface area (Å²) in [7, 11) is 0. The van der Waals surface area contributed by atoms with Crippen LogP contribution in [0.3, 0.4) is 0 Å². The van der Waals surface area contributed by atoms with Gasteiger partial charge < -0.3 is 5.32 Å². The fraction of sp³-hybridized carbons (Fsp3) is 0.714. The first-order valence-corrected chi connectivity index (χ1v) is 7.53. The van der Waals surface area contributed by atoms with Crippen molar-refractivity contribution in [2.24, 2.45) is 11.8 Å². The molecule has 2 rings (SSSR count). The van der Waals surface area contributed by atoms with Crippen LogP contribution >= 0.6 is 11.6 Å². The summed E-state index contributed by atoms with van der Waals surface area (Å²) >= 11 is 6.09. The molecule has 5 heteroatoms. The summed E-state index contributed by atoms with van der Waals surface area (Å²) in [6, 6.07) is 0. The standard InChI is InChI=1S/C14H22ClN3O/c1-3-10(4-2)7-16-13-12(15)8-17-18(14(13)19)9-11-5-6-11/h8,10-11,16H,3-7,9H2,1-2H3. The molecule has 1 fully saturated rings. The molecular weight excluding hydrogens is 262 g/mol. The third kappa shape index (κ3) is 3.72. The molecule has 1 aromatic rings. The molecule has 1 saturated carbocycles. The predicted molar refractivity (Wildman–Crippen MR) is 78.8 cm³/mol. The van der Waals surface area contributed by atoms with Crippen LogP contribution in [0.1, 0.15) is 39.5 Å². The summed E-state index contributed by atoms with van der Waals surface area (Å²) in [6.45, 7) is 5.83. The van der Waals surface area contributed by atoms with Crippen LogP contribution in [0.2, 0.25) is 5.02 Å². The van der Waals surface area contributed by atoms with Gasteiger partial charge in [-0.2, -0.15) is 5.10 Å². The number of hydrogen-bond donors (Lipinski definition) is 1. The van der Waals surface area contributed by atoms with Crippen LogP contribution < -0.4 is 10.9 Å². The van der Waals surface area contributed by atoms with Gasteiger partial charge in [-0.15, -0.1) is 0 Å². The van der Waals surface area contributed by atoms with Gasteiger partial charge >= 0.3 is 0 Å². The van der Waals surface area contributed by atoms with Crippen LogP contribution in [0, 0.1) is 11.8 Å². The monoisotopic (exact) mass is 283 g/mol. The zero-order valence-electron chi connectivity index (χ0n) is 11.7. The molecule has 0 spiro atoms. The molecule has 1 aromatic heterocycles. The average Bonchev–Trinajstić information content (AvgIpc) is 3.21. The van der Waals surface area contributed by atoms with Gasteiger partial charge in [0.05, 0.1) is 11.2 Å². The highest BCUT2D eigenvalue weighted by atomic mass is 35.5. The first-order chi connectivity index (χ1) is 9.15. The molecule has 0 aromatic carbocycles. The highest BCUT2D eigenvalue weighted by Crippen LogP contribution is 2.30. The van der Waals surface area contributed by atoms with E-state index in [0.717, 1.165) is 25.9 Å². The zero-order chi connectivity index (χ0) is 13.8. The van der Waals surface area contributed by atoms with Gasteiger partial charge in [-0.1, -0.05) is 38.3 Å². The minimum atomic E-state index is -0.0923. The predicted octanol–water partition coefficient (Wildman–Crippen LogP) is 3.15. The van der Waals surface area contributed by atoms with Gasteiger partial charge in [0.15, 0.2) is 0 Å². The Morgan fingerprint density at radius 1 is 1.47 bits per heavy atom. The molecule has 19 heavy (non-hydrogen) atoms. The van der Waals surface area contributed by atoms with Crippen molar-refractivity contribution < 1.29 is 0 Å². The number of hydrogen-bond acceptors (Lipinski definition) is 3. The van der Waals surface area contributed by atoms with Crippen LogP contribution in [0.5, 0.6) is 0 Å². The molecule has 1 aliphatic rings. The van der Waals surface area contributed by atoms with Crippen LogP contribution in [0.25, 0.3) is 0 Å². The molecule has 0 bridgehead atoms. The highest BCUT2D eigenvalue weighted by molar-refractivity contribution is 6.32. The van der Waals surface area contributed by atoms with Crippen molar-refractivity contribution >= 4 is 17.3 Å². The normalized spacial score (nSPS) is 14.9. The molecule has 0 saturated heterocycles. The summed E-state index contributed by atoms with van der Waals surface area (Å²) < 4.78 is 1.54. The van der Waals surface area contributed by atoms with Crippen LogP contribution in [0.15, 0.2) is 11.0 Å². The average molecular weight is 284 g/mol. The van der Waals surface area contributed by atoms with E-state index in [-0.39, 0.29) is 5.56 Å². The van der Waals surface area contributed by atoms with E-state index in [4.69, 9.17) is 11.6 Å². The Morgan fingerprint density at radius 3 is 2.74 bits per heavy atom. The van der Waals surface area contributed by atoms with E-state index >= 15 is 0 Å². The second-order valence-electron chi connectivity index (χ2n) is 5.36. The second-order valence-corrected chi connectivity index (χ2v) is 5.77. The fourth-order valence-corrected chi connectivity index (χ4v) is 2.32. The number of halogens is 1. The van der Waals surface area contributed by atoms with Crippen molar-refractivity contribution in [2.45, 2.75) is 46.1 Å². The third-order valence-corrected chi connectivity index (χ3v) is 4.13. The van der Waals surface area contributed by atoms with Crippen molar-refractivity contribution in [2.75, 3.05) is 11.9 Å². The quantitative estimate of drug-likeness (QED) is 0.836. The minimum absolute atomic E-state index is 0.0923. The lowest BCUT2D eigenvalue weighted by Gasteiger charge is -2.15. The molecular formula is C14H22ClN3O. The minimum Gasteiger partial charge on any atom is -0.379 e. The number of nitrogens with one attached hydrogen (secondary N) is 1. The van der Waals surface area contributed by atoms with Gasteiger partial charge in [-0.25, -0.2) is 4.68 Å². The van der Waals surface area contributed by atoms with E-state index in [1.165, 1.54) is 12.8 Å². The Balaban J connectivity index is 2.11. The molecule has 0 atom stereocenters. The molecule has 0 radical (unpaired) electrons. The summed E-state index contributed by atoms with van der Waals surface area (Å²) in [6.07, 6.45) is 6.17. The SMILES string of the molecule is CCC(CC)CNc1c(Cl)cnn(CC2CC2)c1=O. The molecule has 1 heterocycles. The van der Waals surface area contributed by atoms with Gasteiger partial charge in [0, 0.05) is 13.1 Å². The van der Waals surface area contributed by atoms with Gasteiger partial charge in [0.2, 0.25) is 0 Å². The van der Waals surface area contributed by atoms with E-state index in [0.29, 0.717) is 22.5 Å². The Morgan fingerprint density at radius 2 is 2.16 bits per heavy atom. The van der Waals surface area contributed by atoms with Crippen LogP contribution in [-0.4, -0.2) is 16.3 Å². The lowest BCUT2D eigenvalue weighted by atomic mass is 10.0. The van der Waals surface area contributed by atoms with E-state index in [1.54, 1.807) is 10.9 Å². The smallest absolute Gasteiger partial charge is 0.291 e. The van der Waals surface area contributed by atoms with Crippen molar-refractivity contribution in [1.29, 1.82) is 0 Å². The Bertz CT molecular complexity index is 478. The Kier molecular flexibility index (Phi) is 4.86. The number of anilines is 1. The van der Waals surface area contributed by atoms with Gasteiger partial charge in [-0.05, 0) is 24.7 Å². The molecule has 0 amide bonds. The van der Waals surface area contributed by atoms with Gasteiger partial charge in [-0.3, -0.25) is 4.79 Å². The van der Waals surface area contributed by atoms with Crippen molar-refractivity contribution in [3.63, 3.8) is 0 Å². The summed E-state index contributed by atoms with van der Waals surface area (Å²) in [5.41, 5.74) is 0.412. The van der Waals surface area contributed by atoms with Gasteiger partial charge in [0.1, 0.15) is 5.69 Å². The maximum absolute atomic E-state index is 12.3. The molecule has 1 N–H and O–H groups in total. The van der Waals surface area contributed by atoms with Crippen molar-refractivity contribution in [3.05, 3.63) is 21.6 Å². The summed E-state index contributed by atoms with van der Waals surface area (Å²) in [5.74, 6) is 1.19. The Hall–Kier alpha value is -1.03. The van der Waals surface area contributed by atoms with E-state index in [2.05, 4.69) is 24.3 Å². The first kappa shape index (κ1) is 14.4. The number of rotatable bonds is 7. The largest absolute Gasteiger partial charge is 0.379 e. The van der Waals surface area contributed by atoms with E-state index in [1.807, 2.05) is 0 Å². The number of nitrogens with zero attached hydrogens (tertiary/aromatic N) is 2. The number of aromatic nitrogens is 2. The first-order valence-electron chi connectivity index (χ1n) is 7.15. The maximum Gasteiger partial charge on any atom is 0.291 e. The molecule has 0 aliphatic heterocycles. The molecule has 106 valence electrons. The van der Waals surface area contributed by atoms with E-state index in [9.17, 15) is 4.79 Å². The molecule has 1 aliphatic carbocycles. The third-order valence-electron chi connectivity index (χ3n) is 3.85. The summed E-state index contributed by atoms with van der Waals surface area (Å²) in [4.78, 5) is 12.3. The van der Waals surface area contributed by atoms with Gasteiger partial charge in [0.25, 0.3) is 5.56 Å². The zero-order valence-corrected chi connectivity index (χ0v) is 12.4. The Labute approximate surface area is 119 Å². The van der Waals surface area contributed by atoms with Crippen LogP contribution in [0.4, 0.5) is 5.69 Å². The lowest BCUT2D eigenvalue weighted by molar-refractivity contribution is 0.514. The molecule has 4 nitrogen and oxygen atoms in total. The van der Waals surface area contributed by atoms with Crippen molar-refractivity contribution in [1.82, 2.24) is 9.78 Å². The summed E-state index contributed by atoms with van der Waals surface area (Å²) in [5, 5.41) is 7.75. The second kappa shape index (κ2) is 6.42. The maximum atomic E-state index is 12.3. The topological polar surface area (TPSA) is 46.9 Å². The highest BCUT2D eigenvalue weighted by Gasteiger charge is 2.23.